The lowest BCUT2D eigenvalue weighted by Gasteiger charge is -2.15. The number of carbonyl (C=O) groups is 1. The zero-order valence-corrected chi connectivity index (χ0v) is 19.7. The van der Waals surface area contributed by atoms with Crippen LogP contribution in [-0.2, 0) is 21.2 Å². The fraction of sp³-hybridized carbons (Fsp3) is 0.154. The van der Waals surface area contributed by atoms with Crippen molar-refractivity contribution in [3.8, 4) is 0 Å². The van der Waals surface area contributed by atoms with Crippen LogP contribution in [0.15, 0.2) is 81.4 Å². The first-order chi connectivity index (χ1) is 16.1. The van der Waals surface area contributed by atoms with Crippen molar-refractivity contribution >= 4 is 32.3 Å². The van der Waals surface area contributed by atoms with Gasteiger partial charge in [0.15, 0.2) is 0 Å². The monoisotopic (exact) mass is 478 g/mol. The summed E-state index contributed by atoms with van der Waals surface area (Å²) in [5.41, 5.74) is 3.14. The average Bonchev–Trinajstić information content (AvgIpc) is 2.78. The summed E-state index contributed by atoms with van der Waals surface area (Å²) >= 11 is 0. The van der Waals surface area contributed by atoms with E-state index in [-0.39, 0.29) is 22.7 Å². The number of halogens is 1. The van der Waals surface area contributed by atoms with E-state index < -0.39 is 26.0 Å². The SMILES string of the molecule is Cc1ccc(NC(=O)Cn2cc(S(=O)(=O)c3ccc(F)cc3)c(=O)c3cc(C)ccc32)c(C)c1. The molecule has 0 fully saturated rings. The van der Waals surface area contributed by atoms with Crippen LogP contribution in [0.4, 0.5) is 10.1 Å². The van der Waals surface area contributed by atoms with Crippen LogP contribution in [0.5, 0.6) is 0 Å². The number of anilines is 1. The van der Waals surface area contributed by atoms with Gasteiger partial charge in [0.05, 0.1) is 10.4 Å². The van der Waals surface area contributed by atoms with E-state index in [0.717, 1.165) is 41.0 Å². The quantitative estimate of drug-likeness (QED) is 0.427. The maximum absolute atomic E-state index is 13.3. The van der Waals surface area contributed by atoms with Crippen molar-refractivity contribution in [1.29, 1.82) is 0 Å². The first-order valence-corrected chi connectivity index (χ1v) is 12.1. The molecule has 0 radical (unpaired) electrons. The van der Waals surface area contributed by atoms with Gasteiger partial charge in [0.25, 0.3) is 0 Å². The van der Waals surface area contributed by atoms with Crippen LogP contribution in [0, 0.1) is 26.6 Å². The van der Waals surface area contributed by atoms with Gasteiger partial charge in [-0.15, -0.1) is 0 Å². The minimum absolute atomic E-state index is 0.183. The molecule has 0 aliphatic carbocycles. The summed E-state index contributed by atoms with van der Waals surface area (Å²) in [6, 6.07) is 15.0. The van der Waals surface area contributed by atoms with Crippen molar-refractivity contribution in [1.82, 2.24) is 4.57 Å². The molecule has 1 amide bonds. The Labute approximate surface area is 196 Å². The zero-order chi connectivity index (χ0) is 24.6. The number of sulfone groups is 1. The third kappa shape index (κ3) is 4.49. The van der Waals surface area contributed by atoms with Crippen molar-refractivity contribution in [3.05, 3.63) is 99.6 Å². The average molecular weight is 479 g/mol. The van der Waals surface area contributed by atoms with Gasteiger partial charge in [-0.1, -0.05) is 29.3 Å². The number of nitrogens with one attached hydrogen (secondary N) is 1. The van der Waals surface area contributed by atoms with Crippen LogP contribution < -0.4 is 10.7 Å². The summed E-state index contributed by atoms with van der Waals surface area (Å²) in [6.45, 7) is 5.42. The molecule has 0 spiro atoms. The topological polar surface area (TPSA) is 85.2 Å². The minimum Gasteiger partial charge on any atom is -0.336 e. The van der Waals surface area contributed by atoms with Crippen molar-refractivity contribution in [2.45, 2.75) is 37.1 Å². The molecule has 0 aliphatic heterocycles. The van der Waals surface area contributed by atoms with Crippen molar-refractivity contribution < 1.29 is 17.6 Å². The second-order valence-electron chi connectivity index (χ2n) is 8.29. The largest absolute Gasteiger partial charge is 0.336 e. The molecule has 1 heterocycles. The Bertz CT molecular complexity index is 1590. The Morgan fingerprint density at radius 1 is 0.941 bits per heavy atom. The number of aryl methyl sites for hydroxylation is 3. The fourth-order valence-corrected chi connectivity index (χ4v) is 5.21. The van der Waals surface area contributed by atoms with Crippen LogP contribution in [-0.4, -0.2) is 18.9 Å². The number of amides is 1. The second kappa shape index (κ2) is 8.87. The second-order valence-corrected chi connectivity index (χ2v) is 10.2. The highest BCUT2D eigenvalue weighted by atomic mass is 32.2. The molecule has 4 aromatic rings. The van der Waals surface area contributed by atoms with Crippen LogP contribution in [0.1, 0.15) is 16.7 Å². The minimum atomic E-state index is -4.25. The normalized spacial score (nSPS) is 11.5. The lowest BCUT2D eigenvalue weighted by Crippen LogP contribution is -2.24. The van der Waals surface area contributed by atoms with Crippen LogP contribution in [0.2, 0.25) is 0 Å². The maximum Gasteiger partial charge on any atom is 0.244 e. The summed E-state index contributed by atoms with van der Waals surface area (Å²) in [4.78, 5) is 25.4. The van der Waals surface area contributed by atoms with Crippen LogP contribution in [0.25, 0.3) is 10.9 Å². The molecule has 174 valence electrons. The molecule has 1 N–H and O–H groups in total. The number of pyridine rings is 1. The molecule has 0 saturated heterocycles. The van der Waals surface area contributed by atoms with Crippen molar-refractivity contribution in [2.24, 2.45) is 0 Å². The highest BCUT2D eigenvalue weighted by Gasteiger charge is 2.24. The number of fused-ring (bicyclic) bond motifs is 1. The van der Waals surface area contributed by atoms with Gasteiger partial charge in [-0.2, -0.15) is 0 Å². The van der Waals surface area contributed by atoms with Gasteiger partial charge in [-0.05, 0) is 68.8 Å². The third-order valence-corrected chi connectivity index (χ3v) is 7.35. The van der Waals surface area contributed by atoms with Gasteiger partial charge < -0.3 is 9.88 Å². The molecule has 4 rings (SSSR count). The molecule has 0 saturated carbocycles. The lowest BCUT2D eigenvalue weighted by molar-refractivity contribution is -0.116. The smallest absolute Gasteiger partial charge is 0.244 e. The Morgan fingerprint density at radius 3 is 2.26 bits per heavy atom. The Hall–Kier alpha value is -3.78. The molecule has 6 nitrogen and oxygen atoms in total. The van der Waals surface area contributed by atoms with Crippen LogP contribution >= 0.6 is 0 Å². The highest BCUT2D eigenvalue weighted by molar-refractivity contribution is 7.91. The predicted octanol–water partition coefficient (Wildman–Crippen LogP) is 4.54. The molecule has 0 aliphatic rings. The Balaban J connectivity index is 1.82. The zero-order valence-electron chi connectivity index (χ0n) is 18.9. The lowest BCUT2D eigenvalue weighted by atomic mass is 10.1. The first-order valence-electron chi connectivity index (χ1n) is 10.6. The fourth-order valence-electron chi connectivity index (χ4n) is 3.85. The predicted molar refractivity (Wildman–Crippen MR) is 129 cm³/mol. The maximum atomic E-state index is 13.3. The first kappa shape index (κ1) is 23.4. The molecule has 0 atom stereocenters. The number of rotatable bonds is 5. The highest BCUT2D eigenvalue weighted by Crippen LogP contribution is 2.23. The molecule has 0 unspecified atom stereocenters. The van der Waals surface area contributed by atoms with Crippen molar-refractivity contribution in [3.63, 3.8) is 0 Å². The van der Waals surface area contributed by atoms with E-state index in [4.69, 9.17) is 0 Å². The summed E-state index contributed by atoms with van der Waals surface area (Å²) in [5.74, 6) is -0.962. The summed E-state index contributed by atoms with van der Waals surface area (Å²) in [5, 5.41) is 3.03. The molecule has 0 bridgehead atoms. The standard InChI is InChI=1S/C26H23FN2O4S/c1-16-4-10-22(18(3)12-16)28-25(30)15-29-14-24(26(31)21-13-17(2)5-11-23(21)29)34(32,33)20-8-6-19(27)7-9-20/h4-14H,15H2,1-3H3,(H,28,30). The molecule has 8 heteroatoms. The van der Waals surface area contributed by atoms with Gasteiger partial charge in [0.2, 0.25) is 21.2 Å². The Kier molecular flexibility index (Phi) is 6.10. The van der Waals surface area contributed by atoms with Crippen molar-refractivity contribution in [2.75, 3.05) is 5.32 Å². The molecular weight excluding hydrogens is 455 g/mol. The molecular formula is C26H23FN2O4S. The van der Waals surface area contributed by atoms with E-state index in [9.17, 15) is 22.4 Å². The third-order valence-electron chi connectivity index (χ3n) is 5.59. The summed E-state index contributed by atoms with van der Waals surface area (Å²) in [6.07, 6.45) is 1.18. The van der Waals surface area contributed by atoms with Gasteiger partial charge in [0.1, 0.15) is 17.3 Å². The van der Waals surface area contributed by atoms with Gasteiger partial charge in [-0.25, -0.2) is 12.8 Å². The number of hydrogen-bond acceptors (Lipinski definition) is 4. The van der Waals surface area contributed by atoms with Gasteiger partial charge in [-0.3, -0.25) is 9.59 Å². The van der Waals surface area contributed by atoms with E-state index >= 15 is 0 Å². The molecule has 1 aromatic heterocycles. The molecule has 3 aromatic carbocycles. The summed E-state index contributed by atoms with van der Waals surface area (Å²) in [7, 11) is -4.25. The number of hydrogen-bond donors (Lipinski definition) is 1. The van der Waals surface area contributed by atoms with Crippen LogP contribution in [0.3, 0.4) is 0 Å². The molecule has 34 heavy (non-hydrogen) atoms. The number of carbonyl (C=O) groups excluding carboxylic acids is 1. The summed E-state index contributed by atoms with van der Waals surface area (Å²) < 4.78 is 41.3. The number of benzene rings is 3. The van der Waals surface area contributed by atoms with Gasteiger partial charge >= 0.3 is 0 Å². The van der Waals surface area contributed by atoms with E-state index in [1.54, 1.807) is 31.2 Å². The Morgan fingerprint density at radius 2 is 1.59 bits per heavy atom. The number of nitrogens with zero attached hydrogens (tertiary/aromatic N) is 1. The van der Waals surface area contributed by atoms with E-state index in [0.29, 0.717) is 11.2 Å². The van der Waals surface area contributed by atoms with E-state index in [2.05, 4.69) is 5.32 Å². The number of aromatic nitrogens is 1. The van der Waals surface area contributed by atoms with E-state index in [1.165, 1.54) is 10.8 Å². The van der Waals surface area contributed by atoms with Gasteiger partial charge in [0, 0.05) is 17.3 Å². The van der Waals surface area contributed by atoms with E-state index in [1.807, 2.05) is 26.0 Å².